The van der Waals surface area contributed by atoms with Gasteiger partial charge in [-0.05, 0) is 60.3 Å². The Bertz CT molecular complexity index is 618. The van der Waals surface area contributed by atoms with Crippen LogP contribution < -0.4 is 11.1 Å². The number of halogens is 1. The number of hydrogen-bond donors (Lipinski definition) is 2. The van der Waals surface area contributed by atoms with Gasteiger partial charge in [-0.3, -0.25) is 4.99 Å². The van der Waals surface area contributed by atoms with Crippen molar-refractivity contribution in [3.8, 4) is 0 Å². The number of piperazine rings is 1. The van der Waals surface area contributed by atoms with Crippen molar-refractivity contribution in [2.75, 3.05) is 32.7 Å². The van der Waals surface area contributed by atoms with Gasteiger partial charge in [-0.15, -0.1) is 24.0 Å². The molecule has 1 aliphatic carbocycles. The maximum Gasteiger partial charge on any atom is 0.410 e. The molecule has 2 amide bonds. The van der Waals surface area contributed by atoms with E-state index < -0.39 is 17.3 Å². The van der Waals surface area contributed by atoms with Crippen molar-refractivity contribution >= 4 is 42.1 Å². The highest BCUT2D eigenvalue weighted by Crippen LogP contribution is 2.33. The quantitative estimate of drug-likeness (QED) is 0.323. The minimum Gasteiger partial charge on any atom is -0.444 e. The van der Waals surface area contributed by atoms with Gasteiger partial charge in [-0.1, -0.05) is 0 Å². The van der Waals surface area contributed by atoms with Crippen LogP contribution in [0.4, 0.5) is 9.59 Å². The molecule has 2 fully saturated rings. The molecule has 1 saturated heterocycles. The van der Waals surface area contributed by atoms with Crippen LogP contribution >= 0.6 is 24.0 Å². The first-order valence-electron chi connectivity index (χ1n) is 10.4. The summed E-state index contributed by atoms with van der Waals surface area (Å²) in [6.07, 6.45) is 1.42. The van der Waals surface area contributed by atoms with Gasteiger partial charge in [0.1, 0.15) is 11.2 Å². The normalized spacial score (nSPS) is 18.9. The third kappa shape index (κ3) is 9.57. The van der Waals surface area contributed by atoms with E-state index in [9.17, 15) is 9.59 Å². The van der Waals surface area contributed by atoms with Crippen LogP contribution in [0.1, 0.15) is 54.4 Å². The first kappa shape index (κ1) is 26.6. The van der Waals surface area contributed by atoms with Crippen LogP contribution in [-0.2, 0) is 9.47 Å². The molecular formula is C20H38IN5O4. The zero-order valence-electron chi connectivity index (χ0n) is 19.1. The van der Waals surface area contributed by atoms with E-state index >= 15 is 0 Å². The lowest BCUT2D eigenvalue weighted by atomic mass is 10.2. The molecule has 10 heteroatoms. The second kappa shape index (κ2) is 10.7. The van der Waals surface area contributed by atoms with Crippen LogP contribution in [0.5, 0.6) is 0 Å². The van der Waals surface area contributed by atoms with Gasteiger partial charge >= 0.3 is 12.2 Å². The molecule has 30 heavy (non-hydrogen) atoms. The summed E-state index contributed by atoms with van der Waals surface area (Å²) in [6.45, 7) is 13.8. The first-order valence-corrected chi connectivity index (χ1v) is 10.4. The average molecular weight is 539 g/mol. The molecular weight excluding hydrogens is 501 g/mol. The fourth-order valence-corrected chi connectivity index (χ4v) is 3.01. The number of nitrogens with one attached hydrogen (secondary N) is 1. The van der Waals surface area contributed by atoms with Gasteiger partial charge in [0.2, 0.25) is 0 Å². The summed E-state index contributed by atoms with van der Waals surface area (Å²) < 4.78 is 10.8. The Morgan fingerprint density at radius 2 is 1.50 bits per heavy atom. The highest BCUT2D eigenvalue weighted by Gasteiger charge is 2.33. The minimum atomic E-state index is -0.533. The predicted octanol–water partition coefficient (Wildman–Crippen LogP) is 2.78. The fraction of sp³-hybridized carbons (Fsp3) is 0.850. The van der Waals surface area contributed by atoms with Crippen LogP contribution in [0, 0.1) is 5.92 Å². The zero-order chi connectivity index (χ0) is 21.8. The van der Waals surface area contributed by atoms with Gasteiger partial charge in [-0.2, -0.15) is 0 Å². The summed E-state index contributed by atoms with van der Waals surface area (Å²) in [4.78, 5) is 32.4. The summed E-state index contributed by atoms with van der Waals surface area (Å²) in [5.41, 5.74) is 5.13. The van der Waals surface area contributed by atoms with E-state index in [0.717, 1.165) is 12.8 Å². The minimum absolute atomic E-state index is 0. The Kier molecular flexibility index (Phi) is 9.50. The van der Waals surface area contributed by atoms with E-state index in [1.807, 2.05) is 46.4 Å². The summed E-state index contributed by atoms with van der Waals surface area (Å²) in [5.74, 6) is 0.855. The molecule has 0 aromatic heterocycles. The van der Waals surface area contributed by atoms with Gasteiger partial charge < -0.3 is 30.3 Å². The molecule has 2 rings (SSSR count). The monoisotopic (exact) mass is 539 g/mol. The number of rotatable bonds is 4. The SMILES string of the molecule is CC(C)(C)OC(=O)NC(CN=C(N)N1CCN(C(=O)OC(C)(C)C)CC1)C1CC1.I. The Balaban J connectivity index is 0.00000450. The Hall–Kier alpha value is -1.46. The Labute approximate surface area is 197 Å². The van der Waals surface area contributed by atoms with Gasteiger partial charge in [0, 0.05) is 26.2 Å². The number of alkyl carbamates (subject to hydrolysis) is 1. The number of hydrogen-bond acceptors (Lipinski definition) is 5. The highest BCUT2D eigenvalue weighted by molar-refractivity contribution is 14.0. The number of ether oxygens (including phenoxy) is 2. The standard InChI is InChI=1S/C20H37N5O4.HI/c1-19(2,3)28-17(26)23-15(14-7-8-14)13-22-16(21)24-9-11-25(12-10-24)18(27)29-20(4,5)6;/h14-15H,7-13H2,1-6H3,(H2,21,22)(H,23,26);1H. The van der Waals surface area contributed by atoms with Crippen LogP contribution in [0.3, 0.4) is 0 Å². The number of amides is 2. The summed E-state index contributed by atoms with van der Waals surface area (Å²) in [7, 11) is 0. The molecule has 1 aliphatic heterocycles. The van der Waals surface area contributed by atoms with Crippen LogP contribution in [0.2, 0.25) is 0 Å². The number of carbonyl (C=O) groups is 2. The van der Waals surface area contributed by atoms with Crippen molar-refractivity contribution in [2.24, 2.45) is 16.6 Å². The number of nitrogens with two attached hydrogens (primary N) is 1. The molecule has 2 aliphatic rings. The Morgan fingerprint density at radius 1 is 1.00 bits per heavy atom. The Morgan fingerprint density at radius 3 is 1.97 bits per heavy atom. The van der Waals surface area contributed by atoms with Gasteiger partial charge in [0.25, 0.3) is 0 Å². The summed E-state index contributed by atoms with van der Waals surface area (Å²) in [6, 6.07) is -0.0774. The molecule has 1 atom stereocenters. The van der Waals surface area contributed by atoms with Crippen molar-refractivity contribution in [2.45, 2.75) is 71.6 Å². The molecule has 1 saturated carbocycles. The van der Waals surface area contributed by atoms with Crippen molar-refractivity contribution < 1.29 is 19.1 Å². The lowest BCUT2D eigenvalue weighted by molar-refractivity contribution is 0.0186. The summed E-state index contributed by atoms with van der Waals surface area (Å²) >= 11 is 0. The number of nitrogens with zero attached hydrogens (tertiary/aromatic N) is 3. The maximum absolute atomic E-state index is 12.2. The molecule has 1 heterocycles. The third-order valence-electron chi connectivity index (χ3n) is 4.60. The fourth-order valence-electron chi connectivity index (χ4n) is 3.01. The third-order valence-corrected chi connectivity index (χ3v) is 4.60. The smallest absolute Gasteiger partial charge is 0.410 e. The van der Waals surface area contributed by atoms with Crippen molar-refractivity contribution in [3.05, 3.63) is 0 Å². The predicted molar refractivity (Wildman–Crippen MR) is 127 cm³/mol. The lowest BCUT2D eigenvalue weighted by Gasteiger charge is -2.36. The first-order chi connectivity index (χ1) is 13.3. The molecule has 0 spiro atoms. The van der Waals surface area contributed by atoms with Crippen LogP contribution in [-0.4, -0.2) is 77.9 Å². The van der Waals surface area contributed by atoms with E-state index in [4.69, 9.17) is 15.2 Å². The molecule has 9 nitrogen and oxygen atoms in total. The van der Waals surface area contributed by atoms with Crippen molar-refractivity contribution in [1.29, 1.82) is 0 Å². The van der Waals surface area contributed by atoms with Crippen LogP contribution in [0.15, 0.2) is 4.99 Å². The van der Waals surface area contributed by atoms with E-state index in [0.29, 0.717) is 44.6 Å². The lowest BCUT2D eigenvalue weighted by Crippen LogP contribution is -2.53. The van der Waals surface area contributed by atoms with E-state index in [1.54, 1.807) is 4.90 Å². The van der Waals surface area contributed by atoms with E-state index in [1.165, 1.54) is 0 Å². The molecule has 174 valence electrons. The van der Waals surface area contributed by atoms with Crippen LogP contribution in [0.25, 0.3) is 0 Å². The van der Waals surface area contributed by atoms with Crippen molar-refractivity contribution in [3.63, 3.8) is 0 Å². The van der Waals surface area contributed by atoms with E-state index in [-0.39, 0.29) is 36.1 Å². The van der Waals surface area contributed by atoms with Gasteiger partial charge in [0.05, 0.1) is 12.6 Å². The molecule has 0 aromatic carbocycles. The largest absolute Gasteiger partial charge is 0.444 e. The molecule has 0 bridgehead atoms. The zero-order valence-corrected chi connectivity index (χ0v) is 21.4. The molecule has 0 radical (unpaired) electrons. The molecule has 1 unspecified atom stereocenters. The second-order valence-electron chi connectivity index (χ2n) is 9.74. The average Bonchev–Trinajstić information content (AvgIpc) is 3.40. The summed E-state index contributed by atoms with van der Waals surface area (Å²) in [5, 5.41) is 2.93. The van der Waals surface area contributed by atoms with Gasteiger partial charge in [0.15, 0.2) is 5.96 Å². The van der Waals surface area contributed by atoms with Gasteiger partial charge in [-0.25, -0.2) is 9.59 Å². The highest BCUT2D eigenvalue weighted by atomic mass is 127. The number of carbonyl (C=O) groups excluding carboxylic acids is 2. The number of aliphatic imine (C=N–C) groups is 1. The second-order valence-corrected chi connectivity index (χ2v) is 9.74. The van der Waals surface area contributed by atoms with E-state index in [2.05, 4.69) is 10.3 Å². The topological polar surface area (TPSA) is 109 Å². The molecule has 3 N–H and O–H groups in total. The maximum atomic E-state index is 12.2. The number of guanidine groups is 1. The van der Waals surface area contributed by atoms with Crippen molar-refractivity contribution in [1.82, 2.24) is 15.1 Å². The molecule has 0 aromatic rings.